The van der Waals surface area contributed by atoms with Crippen LogP contribution in [0.1, 0.15) is 25.3 Å². The molecule has 2 heteroatoms. The Morgan fingerprint density at radius 1 is 1.20 bits per heavy atom. The highest BCUT2D eigenvalue weighted by Crippen LogP contribution is 2.36. The molecule has 1 heterocycles. The van der Waals surface area contributed by atoms with Crippen molar-refractivity contribution in [3.63, 3.8) is 0 Å². The van der Waals surface area contributed by atoms with E-state index in [0.717, 1.165) is 26.1 Å². The van der Waals surface area contributed by atoms with E-state index in [1.807, 2.05) is 0 Å². The minimum absolute atomic E-state index is 0.125. The molecule has 0 aromatic heterocycles. The standard InChI is InChI=1S/C13H19NO/c1-11(14)13(7-9-15-10-8-13)12-5-3-2-4-6-12/h2-6,11H,7-10,14H2,1H3. The van der Waals surface area contributed by atoms with Gasteiger partial charge in [0.05, 0.1) is 0 Å². The molecule has 0 radical (unpaired) electrons. The number of ether oxygens (including phenoxy) is 1. The summed E-state index contributed by atoms with van der Waals surface area (Å²) in [6.45, 7) is 3.77. The molecule has 82 valence electrons. The van der Waals surface area contributed by atoms with Crippen molar-refractivity contribution >= 4 is 0 Å². The first-order valence-electron chi connectivity index (χ1n) is 5.64. The molecule has 2 nitrogen and oxygen atoms in total. The lowest BCUT2D eigenvalue weighted by molar-refractivity contribution is 0.0422. The van der Waals surface area contributed by atoms with Crippen molar-refractivity contribution in [3.05, 3.63) is 35.9 Å². The summed E-state index contributed by atoms with van der Waals surface area (Å²) < 4.78 is 5.44. The maximum atomic E-state index is 6.18. The number of rotatable bonds is 2. The highest BCUT2D eigenvalue weighted by atomic mass is 16.5. The maximum absolute atomic E-state index is 6.18. The zero-order valence-electron chi connectivity index (χ0n) is 9.28. The summed E-state index contributed by atoms with van der Waals surface area (Å²) in [5, 5.41) is 0. The molecule has 2 N–H and O–H groups in total. The summed E-state index contributed by atoms with van der Waals surface area (Å²) >= 11 is 0. The van der Waals surface area contributed by atoms with Gasteiger partial charge < -0.3 is 10.5 Å². The lowest BCUT2D eigenvalue weighted by Gasteiger charge is -2.41. The summed E-state index contributed by atoms with van der Waals surface area (Å²) in [6, 6.07) is 10.8. The minimum atomic E-state index is 0.125. The van der Waals surface area contributed by atoms with E-state index in [0.29, 0.717) is 0 Å². The maximum Gasteiger partial charge on any atom is 0.0475 e. The summed E-state index contributed by atoms with van der Waals surface area (Å²) in [5.74, 6) is 0. The molecule has 1 aromatic rings. The van der Waals surface area contributed by atoms with Gasteiger partial charge in [0, 0.05) is 24.7 Å². The van der Waals surface area contributed by atoms with Crippen LogP contribution in [-0.2, 0) is 10.2 Å². The molecule has 0 saturated carbocycles. The first kappa shape index (κ1) is 10.7. The average molecular weight is 205 g/mol. The van der Waals surface area contributed by atoms with Gasteiger partial charge in [-0.2, -0.15) is 0 Å². The van der Waals surface area contributed by atoms with Crippen LogP contribution in [0.4, 0.5) is 0 Å². The third kappa shape index (κ3) is 1.92. The third-order valence-corrected chi connectivity index (χ3v) is 3.61. The molecule has 0 amide bonds. The van der Waals surface area contributed by atoms with Crippen molar-refractivity contribution in [2.75, 3.05) is 13.2 Å². The van der Waals surface area contributed by atoms with Crippen LogP contribution in [0.5, 0.6) is 0 Å². The molecular formula is C13H19NO. The Hall–Kier alpha value is -0.860. The van der Waals surface area contributed by atoms with Gasteiger partial charge in [-0.05, 0) is 25.3 Å². The van der Waals surface area contributed by atoms with E-state index in [2.05, 4.69) is 37.3 Å². The van der Waals surface area contributed by atoms with E-state index in [-0.39, 0.29) is 11.5 Å². The van der Waals surface area contributed by atoms with Gasteiger partial charge in [-0.1, -0.05) is 30.3 Å². The van der Waals surface area contributed by atoms with Gasteiger partial charge in [-0.15, -0.1) is 0 Å². The zero-order valence-corrected chi connectivity index (χ0v) is 9.28. The topological polar surface area (TPSA) is 35.2 Å². The first-order chi connectivity index (χ1) is 7.26. The van der Waals surface area contributed by atoms with E-state index < -0.39 is 0 Å². The van der Waals surface area contributed by atoms with Gasteiger partial charge in [0.15, 0.2) is 0 Å². The van der Waals surface area contributed by atoms with E-state index in [1.165, 1.54) is 5.56 Å². The lowest BCUT2D eigenvalue weighted by atomic mass is 9.69. The summed E-state index contributed by atoms with van der Waals surface area (Å²) in [5.41, 5.74) is 7.67. The zero-order chi connectivity index (χ0) is 10.7. The van der Waals surface area contributed by atoms with Crippen molar-refractivity contribution in [3.8, 4) is 0 Å². The summed E-state index contributed by atoms with van der Waals surface area (Å²) in [4.78, 5) is 0. The van der Waals surface area contributed by atoms with Crippen LogP contribution in [0, 0.1) is 0 Å². The van der Waals surface area contributed by atoms with Gasteiger partial charge in [0.2, 0.25) is 0 Å². The quantitative estimate of drug-likeness (QED) is 0.802. The molecule has 15 heavy (non-hydrogen) atoms. The van der Waals surface area contributed by atoms with Crippen LogP contribution < -0.4 is 5.73 Å². The number of nitrogens with two attached hydrogens (primary N) is 1. The first-order valence-corrected chi connectivity index (χ1v) is 5.64. The largest absolute Gasteiger partial charge is 0.381 e. The third-order valence-electron chi connectivity index (χ3n) is 3.61. The molecule has 0 spiro atoms. The molecule has 1 unspecified atom stereocenters. The molecule has 1 saturated heterocycles. The summed E-state index contributed by atoms with van der Waals surface area (Å²) in [7, 11) is 0. The normalized spacial score (nSPS) is 22.3. The second kappa shape index (κ2) is 4.33. The highest BCUT2D eigenvalue weighted by Gasteiger charge is 2.37. The molecule has 1 aliphatic rings. The van der Waals surface area contributed by atoms with Gasteiger partial charge in [-0.25, -0.2) is 0 Å². The Labute approximate surface area is 91.4 Å². The minimum Gasteiger partial charge on any atom is -0.381 e. The van der Waals surface area contributed by atoms with E-state index in [4.69, 9.17) is 10.5 Å². The Morgan fingerprint density at radius 3 is 2.33 bits per heavy atom. The predicted molar refractivity (Wildman–Crippen MR) is 61.8 cm³/mol. The smallest absolute Gasteiger partial charge is 0.0475 e. The Morgan fingerprint density at radius 2 is 1.80 bits per heavy atom. The van der Waals surface area contributed by atoms with Crippen molar-refractivity contribution in [1.29, 1.82) is 0 Å². The predicted octanol–water partition coefficient (Wildman–Crippen LogP) is 2.08. The Bertz CT molecular complexity index is 302. The van der Waals surface area contributed by atoms with Gasteiger partial charge in [0.25, 0.3) is 0 Å². The van der Waals surface area contributed by atoms with Gasteiger partial charge >= 0.3 is 0 Å². The van der Waals surface area contributed by atoms with Crippen LogP contribution >= 0.6 is 0 Å². The van der Waals surface area contributed by atoms with E-state index >= 15 is 0 Å². The molecular weight excluding hydrogens is 186 g/mol. The fourth-order valence-corrected chi connectivity index (χ4v) is 2.51. The van der Waals surface area contributed by atoms with E-state index in [1.54, 1.807) is 0 Å². The van der Waals surface area contributed by atoms with Crippen molar-refractivity contribution in [1.82, 2.24) is 0 Å². The molecule has 1 atom stereocenters. The number of hydrogen-bond acceptors (Lipinski definition) is 2. The lowest BCUT2D eigenvalue weighted by Crippen LogP contribution is -2.47. The summed E-state index contributed by atoms with van der Waals surface area (Å²) in [6.07, 6.45) is 2.07. The number of hydrogen-bond donors (Lipinski definition) is 1. The second-order valence-electron chi connectivity index (χ2n) is 4.42. The van der Waals surface area contributed by atoms with Crippen molar-refractivity contribution < 1.29 is 4.74 Å². The van der Waals surface area contributed by atoms with Crippen LogP contribution in [-0.4, -0.2) is 19.3 Å². The fraction of sp³-hybridized carbons (Fsp3) is 0.538. The Balaban J connectivity index is 2.34. The van der Waals surface area contributed by atoms with Crippen molar-refractivity contribution in [2.24, 2.45) is 5.73 Å². The SMILES string of the molecule is CC(N)C1(c2ccccc2)CCOCC1. The van der Waals surface area contributed by atoms with E-state index in [9.17, 15) is 0 Å². The molecule has 1 aromatic carbocycles. The van der Waals surface area contributed by atoms with Crippen LogP contribution in [0.3, 0.4) is 0 Å². The van der Waals surface area contributed by atoms with Crippen molar-refractivity contribution in [2.45, 2.75) is 31.2 Å². The second-order valence-corrected chi connectivity index (χ2v) is 4.42. The molecule has 0 bridgehead atoms. The van der Waals surface area contributed by atoms with Crippen LogP contribution in [0.25, 0.3) is 0 Å². The van der Waals surface area contributed by atoms with Gasteiger partial charge in [-0.3, -0.25) is 0 Å². The van der Waals surface area contributed by atoms with Crippen LogP contribution in [0.15, 0.2) is 30.3 Å². The Kier molecular flexibility index (Phi) is 3.08. The van der Waals surface area contributed by atoms with Crippen LogP contribution in [0.2, 0.25) is 0 Å². The molecule has 2 rings (SSSR count). The number of benzene rings is 1. The average Bonchev–Trinajstić information content (AvgIpc) is 2.31. The molecule has 1 fully saturated rings. The molecule has 1 aliphatic heterocycles. The highest BCUT2D eigenvalue weighted by molar-refractivity contribution is 5.28. The monoisotopic (exact) mass is 205 g/mol. The fourth-order valence-electron chi connectivity index (χ4n) is 2.51. The van der Waals surface area contributed by atoms with Gasteiger partial charge in [0.1, 0.15) is 0 Å². The molecule has 0 aliphatic carbocycles.